The minimum absolute atomic E-state index is 0.325. The zero-order chi connectivity index (χ0) is 12.7. The van der Waals surface area contributed by atoms with E-state index in [9.17, 15) is 0 Å². The summed E-state index contributed by atoms with van der Waals surface area (Å²) in [6.07, 6.45) is 1.45. The molecule has 0 bridgehead atoms. The normalized spacial score (nSPS) is 25.8. The van der Waals surface area contributed by atoms with Gasteiger partial charge in [0.25, 0.3) is 0 Å². The molecule has 1 saturated heterocycles. The van der Waals surface area contributed by atoms with Crippen molar-refractivity contribution in [3.05, 3.63) is 0 Å². The van der Waals surface area contributed by atoms with Crippen molar-refractivity contribution in [1.29, 1.82) is 0 Å². The highest BCUT2D eigenvalue weighted by atomic mass is 16.5. The van der Waals surface area contributed by atoms with Gasteiger partial charge in [-0.1, -0.05) is 0 Å². The van der Waals surface area contributed by atoms with E-state index in [-0.39, 0.29) is 0 Å². The predicted molar refractivity (Wildman–Crippen MR) is 70.4 cm³/mol. The number of ether oxygens (including phenoxy) is 2. The van der Waals surface area contributed by atoms with Gasteiger partial charge in [-0.05, 0) is 34.4 Å². The number of rotatable bonds is 7. The Bertz CT molecular complexity index is 200. The zero-order valence-corrected chi connectivity index (χ0v) is 11.7. The second-order valence-corrected chi connectivity index (χ2v) is 5.20. The van der Waals surface area contributed by atoms with E-state index in [4.69, 9.17) is 9.47 Å². The molecule has 1 N–H and O–H groups in total. The molecule has 1 aliphatic rings. The Labute approximate surface area is 106 Å². The number of nitrogens with one attached hydrogen (secondary N) is 1. The lowest BCUT2D eigenvalue weighted by molar-refractivity contribution is 0.0136. The summed E-state index contributed by atoms with van der Waals surface area (Å²) in [5.74, 6) is 0.595. The van der Waals surface area contributed by atoms with E-state index in [1.54, 1.807) is 0 Å². The fourth-order valence-corrected chi connectivity index (χ4v) is 2.29. The summed E-state index contributed by atoms with van der Waals surface area (Å²) in [6.45, 7) is 8.80. The fourth-order valence-electron chi connectivity index (χ4n) is 2.29. The quantitative estimate of drug-likeness (QED) is 0.723. The van der Waals surface area contributed by atoms with Gasteiger partial charge in [0.2, 0.25) is 0 Å². The molecule has 2 atom stereocenters. The summed E-state index contributed by atoms with van der Waals surface area (Å²) in [5, 5.41) is 3.40. The third kappa shape index (κ3) is 5.82. The Morgan fingerprint density at radius 2 is 2.24 bits per heavy atom. The second-order valence-electron chi connectivity index (χ2n) is 5.20. The Kier molecular flexibility index (Phi) is 7.04. The van der Waals surface area contributed by atoms with Crippen molar-refractivity contribution in [2.24, 2.45) is 5.92 Å². The average Bonchev–Trinajstić information content (AvgIpc) is 2.29. The molecule has 0 radical (unpaired) electrons. The van der Waals surface area contributed by atoms with Crippen molar-refractivity contribution in [1.82, 2.24) is 10.2 Å². The van der Waals surface area contributed by atoms with Crippen LogP contribution in [0.3, 0.4) is 0 Å². The molecule has 1 heterocycles. The van der Waals surface area contributed by atoms with Crippen LogP contribution in [0.1, 0.15) is 20.3 Å². The van der Waals surface area contributed by atoms with E-state index >= 15 is 0 Å². The molecule has 0 aromatic carbocycles. The Hall–Kier alpha value is -0.160. The van der Waals surface area contributed by atoms with Crippen LogP contribution in [0.4, 0.5) is 0 Å². The van der Waals surface area contributed by atoms with Gasteiger partial charge in [-0.3, -0.25) is 0 Å². The summed E-state index contributed by atoms with van der Waals surface area (Å²) in [6, 6.07) is 0.595. The van der Waals surface area contributed by atoms with Crippen molar-refractivity contribution in [2.75, 3.05) is 47.0 Å². The maximum Gasteiger partial charge on any atom is 0.0596 e. The van der Waals surface area contributed by atoms with Crippen molar-refractivity contribution in [3.8, 4) is 0 Å². The molecule has 1 fully saturated rings. The summed E-state index contributed by atoms with van der Waals surface area (Å²) in [7, 11) is 4.20. The van der Waals surface area contributed by atoms with Gasteiger partial charge in [-0.25, -0.2) is 0 Å². The van der Waals surface area contributed by atoms with Gasteiger partial charge in [-0.15, -0.1) is 0 Å². The van der Waals surface area contributed by atoms with Crippen LogP contribution in [0, 0.1) is 5.92 Å². The zero-order valence-electron chi connectivity index (χ0n) is 11.7. The molecule has 0 aromatic rings. The van der Waals surface area contributed by atoms with E-state index in [1.807, 2.05) is 7.05 Å². The minimum atomic E-state index is 0.325. The fraction of sp³-hybridized carbons (Fsp3) is 1.00. The molecule has 2 unspecified atom stereocenters. The van der Waals surface area contributed by atoms with Gasteiger partial charge in [0.05, 0.1) is 19.3 Å². The molecule has 0 aliphatic carbocycles. The third-order valence-corrected chi connectivity index (χ3v) is 3.32. The van der Waals surface area contributed by atoms with E-state index in [0.717, 1.165) is 39.3 Å². The van der Waals surface area contributed by atoms with Crippen LogP contribution >= 0.6 is 0 Å². The third-order valence-electron chi connectivity index (χ3n) is 3.32. The molecule has 4 nitrogen and oxygen atoms in total. The molecule has 1 aliphatic heterocycles. The monoisotopic (exact) mass is 244 g/mol. The molecular formula is C13H28N2O2. The summed E-state index contributed by atoms with van der Waals surface area (Å²) in [4.78, 5) is 2.34. The Morgan fingerprint density at radius 1 is 1.47 bits per heavy atom. The minimum Gasteiger partial charge on any atom is -0.381 e. The number of hydrogen-bond donors (Lipinski definition) is 1. The largest absolute Gasteiger partial charge is 0.381 e. The molecule has 102 valence electrons. The van der Waals surface area contributed by atoms with Crippen LogP contribution < -0.4 is 5.32 Å². The first-order chi connectivity index (χ1) is 8.13. The summed E-state index contributed by atoms with van der Waals surface area (Å²) < 4.78 is 11.1. The standard InChI is InChI=1S/C13H28N2O2/c1-11(2)17-8-6-15(4)9-12-10-16-7-5-13(12)14-3/h11-14H,5-10H2,1-4H3. The lowest BCUT2D eigenvalue weighted by Crippen LogP contribution is -2.46. The van der Waals surface area contributed by atoms with Crippen LogP contribution in [0.15, 0.2) is 0 Å². The SMILES string of the molecule is CNC1CCOCC1CN(C)CCOC(C)C. The smallest absolute Gasteiger partial charge is 0.0596 e. The van der Waals surface area contributed by atoms with Gasteiger partial charge in [0.1, 0.15) is 0 Å². The van der Waals surface area contributed by atoms with E-state index in [1.165, 1.54) is 0 Å². The highest BCUT2D eigenvalue weighted by Crippen LogP contribution is 2.15. The van der Waals surface area contributed by atoms with Crippen molar-refractivity contribution < 1.29 is 9.47 Å². The van der Waals surface area contributed by atoms with Crippen molar-refractivity contribution in [2.45, 2.75) is 32.4 Å². The Balaban J connectivity index is 2.21. The van der Waals surface area contributed by atoms with Gasteiger partial charge < -0.3 is 19.7 Å². The topological polar surface area (TPSA) is 33.7 Å². The molecule has 17 heavy (non-hydrogen) atoms. The van der Waals surface area contributed by atoms with Gasteiger partial charge in [0.15, 0.2) is 0 Å². The lowest BCUT2D eigenvalue weighted by atomic mass is 9.95. The summed E-state index contributed by atoms with van der Waals surface area (Å²) in [5.41, 5.74) is 0. The summed E-state index contributed by atoms with van der Waals surface area (Å²) >= 11 is 0. The molecule has 0 saturated carbocycles. The first-order valence-corrected chi connectivity index (χ1v) is 6.68. The van der Waals surface area contributed by atoms with E-state index in [0.29, 0.717) is 18.1 Å². The van der Waals surface area contributed by atoms with Crippen LogP contribution in [-0.4, -0.2) is 64.1 Å². The van der Waals surface area contributed by atoms with Gasteiger partial charge in [-0.2, -0.15) is 0 Å². The van der Waals surface area contributed by atoms with E-state index in [2.05, 4.69) is 31.1 Å². The van der Waals surface area contributed by atoms with Crippen LogP contribution in [0.25, 0.3) is 0 Å². The van der Waals surface area contributed by atoms with Crippen LogP contribution in [0.2, 0.25) is 0 Å². The van der Waals surface area contributed by atoms with Crippen molar-refractivity contribution >= 4 is 0 Å². The van der Waals surface area contributed by atoms with Crippen molar-refractivity contribution in [3.63, 3.8) is 0 Å². The van der Waals surface area contributed by atoms with E-state index < -0.39 is 0 Å². The lowest BCUT2D eigenvalue weighted by Gasteiger charge is -2.34. The molecule has 4 heteroatoms. The van der Waals surface area contributed by atoms with Gasteiger partial charge in [0, 0.05) is 31.7 Å². The highest BCUT2D eigenvalue weighted by molar-refractivity contribution is 4.80. The Morgan fingerprint density at radius 3 is 2.88 bits per heavy atom. The molecular weight excluding hydrogens is 216 g/mol. The second kappa shape index (κ2) is 8.03. The first-order valence-electron chi connectivity index (χ1n) is 6.68. The predicted octanol–water partition coefficient (Wildman–Crippen LogP) is 0.968. The number of nitrogens with zero attached hydrogens (tertiary/aromatic N) is 1. The molecule has 0 spiro atoms. The number of hydrogen-bond acceptors (Lipinski definition) is 4. The first kappa shape index (κ1) is 14.9. The maximum atomic E-state index is 5.57. The van der Waals surface area contributed by atoms with Crippen LogP contribution in [0.5, 0.6) is 0 Å². The highest BCUT2D eigenvalue weighted by Gasteiger charge is 2.25. The maximum absolute atomic E-state index is 5.57. The molecule has 0 aromatic heterocycles. The molecule has 0 amide bonds. The molecule has 1 rings (SSSR count). The number of likely N-dealkylation sites (N-methyl/N-ethyl adjacent to an activating group) is 1. The van der Waals surface area contributed by atoms with Crippen LogP contribution in [-0.2, 0) is 9.47 Å². The average molecular weight is 244 g/mol. The van der Waals surface area contributed by atoms with Gasteiger partial charge >= 0.3 is 0 Å².